The van der Waals surface area contributed by atoms with Gasteiger partial charge in [0.15, 0.2) is 5.66 Å². The largest absolute Gasteiger partial charge is 0.350 e. The van der Waals surface area contributed by atoms with E-state index in [2.05, 4.69) is 5.32 Å². The van der Waals surface area contributed by atoms with E-state index in [-0.39, 0.29) is 5.56 Å². The maximum Gasteiger partial charge on any atom is 0.342 e. The predicted molar refractivity (Wildman–Crippen MR) is 106 cm³/mol. The molecule has 9 heteroatoms. The molecule has 146 valence electrons. The molecule has 0 spiro atoms. The molecule has 3 N–H and O–H groups in total. The first-order valence-electron chi connectivity index (χ1n) is 8.19. The molecule has 28 heavy (non-hydrogen) atoms. The summed E-state index contributed by atoms with van der Waals surface area (Å²) in [5.41, 5.74) is -0.215. The summed E-state index contributed by atoms with van der Waals surface area (Å²) in [5.74, 6) is -1.25. The van der Waals surface area contributed by atoms with E-state index >= 15 is 0 Å². The summed E-state index contributed by atoms with van der Waals surface area (Å²) in [6, 6.07) is 10.5. The molecule has 0 aliphatic heterocycles. The Morgan fingerprint density at radius 3 is 2.57 bits per heavy atom. The van der Waals surface area contributed by atoms with Crippen molar-refractivity contribution < 1.29 is 23.5 Å². The Morgan fingerprint density at radius 1 is 1.25 bits per heavy atom. The molecule has 1 unspecified atom stereocenters. The van der Waals surface area contributed by atoms with Crippen molar-refractivity contribution in [2.45, 2.75) is 5.66 Å². The second-order valence-electron chi connectivity index (χ2n) is 6.24. The van der Waals surface area contributed by atoms with Crippen LogP contribution in [-0.4, -0.2) is 20.3 Å². The molecule has 2 aromatic carbocycles. The number of fused-ring (bicyclic) bond motifs is 1. The van der Waals surface area contributed by atoms with Crippen molar-refractivity contribution in [2.24, 2.45) is 7.05 Å². The van der Waals surface area contributed by atoms with Gasteiger partial charge in [0, 0.05) is 40.9 Å². The minimum atomic E-state index is -4.83. The Kier molecular flexibility index (Phi) is 5.72. The van der Waals surface area contributed by atoms with E-state index in [1.54, 1.807) is 29.8 Å². The first kappa shape index (κ1) is 20.3. The predicted octanol–water partition coefficient (Wildman–Crippen LogP) is 3.98. The Balaban J connectivity index is 1.93. The fourth-order valence-electron chi connectivity index (χ4n) is 2.96. The van der Waals surface area contributed by atoms with Crippen molar-refractivity contribution in [2.75, 3.05) is 0 Å². The van der Waals surface area contributed by atoms with Crippen molar-refractivity contribution in [3.05, 3.63) is 76.8 Å². The average Bonchev–Trinajstić information content (AvgIpc) is 2.91. The molecular formula is C19H17ClFN2O4P. The number of amides is 1. The molecule has 3 aromatic rings. The van der Waals surface area contributed by atoms with Crippen molar-refractivity contribution in [1.29, 1.82) is 0 Å². The molecule has 0 saturated heterocycles. The smallest absolute Gasteiger partial charge is 0.342 e. The Labute approximate surface area is 165 Å². The standard InChI is InChI=1S/C19H17ClFN2O4P/c1-23-11-16(15-10-13(20)4-7-17(15)23)18(28(25,26)27)19(24)22-9-8-12-2-5-14(21)6-3-12/h2-11,18H,1H3,(H,22,24)(H2,25,26,27). The number of aromatic nitrogens is 1. The summed E-state index contributed by atoms with van der Waals surface area (Å²) in [6.07, 6.45) is 4.26. The van der Waals surface area contributed by atoms with Crippen LogP contribution in [0.5, 0.6) is 0 Å². The molecule has 1 atom stereocenters. The third-order valence-corrected chi connectivity index (χ3v) is 5.65. The van der Waals surface area contributed by atoms with Crippen LogP contribution < -0.4 is 5.32 Å². The van der Waals surface area contributed by atoms with Gasteiger partial charge in [-0.3, -0.25) is 9.36 Å². The minimum absolute atomic E-state index is 0.181. The molecule has 1 aromatic heterocycles. The maximum atomic E-state index is 12.9. The van der Waals surface area contributed by atoms with Crippen LogP contribution in [0.15, 0.2) is 54.9 Å². The Bertz CT molecular complexity index is 1110. The van der Waals surface area contributed by atoms with Gasteiger partial charge in [-0.15, -0.1) is 0 Å². The van der Waals surface area contributed by atoms with Crippen LogP contribution in [0.25, 0.3) is 17.0 Å². The van der Waals surface area contributed by atoms with E-state index in [1.807, 2.05) is 0 Å². The number of carbonyl (C=O) groups excluding carboxylic acids is 1. The zero-order valence-electron chi connectivity index (χ0n) is 14.7. The van der Waals surface area contributed by atoms with Crippen LogP contribution >= 0.6 is 19.2 Å². The summed E-state index contributed by atoms with van der Waals surface area (Å²) in [6.45, 7) is 0. The number of nitrogens with one attached hydrogen (secondary N) is 1. The number of aryl methyl sites for hydroxylation is 1. The molecule has 3 rings (SSSR count). The fraction of sp³-hybridized carbons (Fsp3) is 0.105. The van der Waals surface area contributed by atoms with Gasteiger partial charge in [-0.25, -0.2) is 4.39 Å². The van der Waals surface area contributed by atoms with Gasteiger partial charge in [0.05, 0.1) is 0 Å². The summed E-state index contributed by atoms with van der Waals surface area (Å²) in [4.78, 5) is 32.3. The first-order chi connectivity index (χ1) is 13.2. The molecule has 0 radical (unpaired) electrons. The SMILES string of the molecule is Cn1cc(C(C(=O)NC=Cc2ccc(F)cc2)P(=O)(O)O)c2cc(Cl)ccc21. The summed E-state index contributed by atoms with van der Waals surface area (Å²) < 4.78 is 26.7. The van der Waals surface area contributed by atoms with Gasteiger partial charge in [-0.2, -0.15) is 0 Å². The molecule has 0 bridgehead atoms. The van der Waals surface area contributed by atoms with Gasteiger partial charge >= 0.3 is 7.60 Å². The van der Waals surface area contributed by atoms with E-state index in [9.17, 15) is 23.5 Å². The van der Waals surface area contributed by atoms with Gasteiger partial charge in [0.25, 0.3) is 0 Å². The van der Waals surface area contributed by atoms with E-state index in [0.29, 0.717) is 21.5 Å². The molecule has 0 aliphatic rings. The van der Waals surface area contributed by atoms with Crippen molar-refractivity contribution in [1.82, 2.24) is 9.88 Å². The van der Waals surface area contributed by atoms with Crippen molar-refractivity contribution in [3.8, 4) is 0 Å². The van der Waals surface area contributed by atoms with Gasteiger partial charge in [-0.05, 0) is 42.0 Å². The first-order valence-corrected chi connectivity index (χ1v) is 10.2. The second kappa shape index (κ2) is 7.89. The third kappa shape index (κ3) is 4.34. The number of nitrogens with zero attached hydrogens (tertiary/aromatic N) is 1. The number of carbonyl (C=O) groups is 1. The Morgan fingerprint density at radius 2 is 1.93 bits per heavy atom. The number of hydrogen-bond donors (Lipinski definition) is 3. The van der Waals surface area contributed by atoms with E-state index in [1.165, 1.54) is 42.7 Å². The highest BCUT2D eigenvalue weighted by molar-refractivity contribution is 7.53. The highest BCUT2D eigenvalue weighted by Gasteiger charge is 2.39. The maximum absolute atomic E-state index is 12.9. The molecule has 0 saturated carbocycles. The van der Waals surface area contributed by atoms with Gasteiger partial charge in [0.1, 0.15) is 5.82 Å². The molecule has 1 amide bonds. The minimum Gasteiger partial charge on any atom is -0.350 e. The number of rotatable bonds is 5. The highest BCUT2D eigenvalue weighted by Crippen LogP contribution is 2.53. The Hall–Kier alpha value is -2.44. The van der Waals surface area contributed by atoms with Gasteiger partial charge < -0.3 is 19.7 Å². The average molecular weight is 423 g/mol. The molecule has 1 heterocycles. The van der Waals surface area contributed by atoms with E-state index in [0.717, 1.165) is 0 Å². The third-order valence-electron chi connectivity index (χ3n) is 4.23. The molecule has 0 fully saturated rings. The lowest BCUT2D eigenvalue weighted by Gasteiger charge is -2.16. The quantitative estimate of drug-likeness (QED) is 0.542. The zero-order valence-corrected chi connectivity index (χ0v) is 16.4. The number of benzene rings is 2. The van der Waals surface area contributed by atoms with Gasteiger partial charge in [0.2, 0.25) is 5.91 Å². The van der Waals surface area contributed by atoms with Crippen LogP contribution in [0.3, 0.4) is 0 Å². The van der Waals surface area contributed by atoms with E-state index < -0.39 is 25.0 Å². The monoisotopic (exact) mass is 422 g/mol. The lowest BCUT2D eigenvalue weighted by molar-refractivity contribution is -0.120. The summed E-state index contributed by atoms with van der Waals surface area (Å²) >= 11 is 6.02. The van der Waals surface area contributed by atoms with E-state index in [4.69, 9.17) is 11.6 Å². The molecular weight excluding hydrogens is 406 g/mol. The zero-order chi connectivity index (χ0) is 20.5. The fourth-order valence-corrected chi connectivity index (χ4v) is 4.08. The van der Waals surface area contributed by atoms with Crippen LogP contribution in [-0.2, 0) is 16.4 Å². The normalized spacial score (nSPS) is 13.2. The van der Waals surface area contributed by atoms with Crippen LogP contribution in [0, 0.1) is 5.82 Å². The molecule has 6 nitrogen and oxygen atoms in total. The van der Waals surface area contributed by atoms with Crippen molar-refractivity contribution >= 4 is 42.1 Å². The number of hydrogen-bond acceptors (Lipinski definition) is 2. The number of halogens is 2. The second-order valence-corrected chi connectivity index (χ2v) is 8.37. The summed E-state index contributed by atoms with van der Waals surface area (Å²) in [7, 11) is -3.12. The topological polar surface area (TPSA) is 91.6 Å². The highest BCUT2D eigenvalue weighted by atomic mass is 35.5. The molecule has 0 aliphatic carbocycles. The van der Waals surface area contributed by atoms with Crippen LogP contribution in [0.1, 0.15) is 16.8 Å². The lowest BCUT2D eigenvalue weighted by atomic mass is 10.1. The van der Waals surface area contributed by atoms with Crippen LogP contribution in [0.4, 0.5) is 4.39 Å². The van der Waals surface area contributed by atoms with Crippen LogP contribution in [0.2, 0.25) is 5.02 Å². The lowest BCUT2D eigenvalue weighted by Crippen LogP contribution is -2.25. The van der Waals surface area contributed by atoms with Gasteiger partial charge in [-0.1, -0.05) is 23.7 Å². The van der Waals surface area contributed by atoms with Crippen molar-refractivity contribution in [3.63, 3.8) is 0 Å². The summed E-state index contributed by atoms with van der Waals surface area (Å²) in [5, 5.41) is 3.27.